The number of fused-ring (bicyclic) bond motifs is 3. The van der Waals surface area contributed by atoms with Gasteiger partial charge in [0.1, 0.15) is 0 Å². The summed E-state index contributed by atoms with van der Waals surface area (Å²) in [4.78, 5) is 27.9. The zero-order valence-electron chi connectivity index (χ0n) is 20.1. The molecule has 4 rings (SSSR count). The van der Waals surface area contributed by atoms with Crippen LogP contribution < -0.4 is 10.6 Å². The Morgan fingerprint density at radius 1 is 1.09 bits per heavy atom. The highest BCUT2D eigenvalue weighted by atomic mass is 16.2. The van der Waals surface area contributed by atoms with Crippen molar-refractivity contribution in [1.82, 2.24) is 20.1 Å². The maximum Gasteiger partial charge on any atom is 0.253 e. The molecule has 2 aliphatic rings. The van der Waals surface area contributed by atoms with Crippen LogP contribution in [0.3, 0.4) is 0 Å². The summed E-state index contributed by atoms with van der Waals surface area (Å²) in [6, 6.07) is 9.33. The van der Waals surface area contributed by atoms with E-state index >= 15 is 0 Å². The third kappa shape index (κ3) is 4.85. The van der Waals surface area contributed by atoms with E-state index in [1.54, 1.807) is 0 Å². The minimum absolute atomic E-state index is 0.0138. The number of nitrogens with one attached hydrogen (secondary N) is 2. The lowest BCUT2D eigenvalue weighted by Gasteiger charge is -2.39. The Labute approximate surface area is 191 Å². The molecule has 2 aliphatic heterocycles. The molecule has 2 amide bonds. The maximum absolute atomic E-state index is 13.1. The normalized spacial score (nSPS) is 23.6. The molecule has 3 atom stereocenters. The van der Waals surface area contributed by atoms with Crippen molar-refractivity contribution < 1.29 is 9.59 Å². The van der Waals surface area contributed by atoms with Crippen LogP contribution in [0.15, 0.2) is 30.5 Å². The van der Waals surface area contributed by atoms with Crippen LogP contribution >= 0.6 is 0 Å². The van der Waals surface area contributed by atoms with Gasteiger partial charge in [0, 0.05) is 47.3 Å². The molecule has 1 aromatic carbocycles. The second kappa shape index (κ2) is 8.89. The molecule has 0 spiro atoms. The molecule has 2 bridgehead atoms. The zero-order chi connectivity index (χ0) is 23.0. The number of rotatable bonds is 6. The van der Waals surface area contributed by atoms with Crippen molar-refractivity contribution in [2.75, 3.05) is 13.1 Å². The monoisotopic (exact) mass is 438 g/mol. The Morgan fingerprint density at radius 2 is 1.75 bits per heavy atom. The average molecular weight is 439 g/mol. The van der Waals surface area contributed by atoms with Crippen LogP contribution in [0.4, 0.5) is 0 Å². The first-order valence-corrected chi connectivity index (χ1v) is 12.1. The average Bonchev–Trinajstić information content (AvgIpc) is 3.19. The molecule has 2 N–H and O–H groups in total. The van der Waals surface area contributed by atoms with E-state index in [0.717, 1.165) is 42.1 Å². The highest BCUT2D eigenvalue weighted by Crippen LogP contribution is 2.38. The number of piperidine rings is 1. The van der Waals surface area contributed by atoms with E-state index in [4.69, 9.17) is 0 Å². The number of aromatic nitrogens is 1. The van der Waals surface area contributed by atoms with E-state index in [0.29, 0.717) is 37.1 Å². The zero-order valence-corrected chi connectivity index (χ0v) is 20.1. The van der Waals surface area contributed by atoms with Gasteiger partial charge in [0.25, 0.3) is 5.91 Å². The van der Waals surface area contributed by atoms with Gasteiger partial charge in [0.15, 0.2) is 0 Å². The molecule has 6 nitrogen and oxygen atoms in total. The van der Waals surface area contributed by atoms with Crippen LogP contribution in [-0.4, -0.2) is 52.0 Å². The lowest BCUT2D eigenvalue weighted by Crippen LogP contribution is -2.52. The molecule has 2 aromatic rings. The first kappa shape index (κ1) is 22.8. The van der Waals surface area contributed by atoms with Crippen molar-refractivity contribution in [3.8, 4) is 0 Å². The maximum atomic E-state index is 13.1. The molecule has 6 heteroatoms. The molecule has 3 heterocycles. The fourth-order valence-corrected chi connectivity index (χ4v) is 5.58. The summed E-state index contributed by atoms with van der Waals surface area (Å²) in [7, 11) is 0. The fraction of sp³-hybridized carbons (Fsp3) is 0.615. The van der Waals surface area contributed by atoms with Crippen LogP contribution in [0.1, 0.15) is 76.7 Å². The number of hydrogen-bond acceptors (Lipinski definition) is 3. The van der Waals surface area contributed by atoms with Gasteiger partial charge >= 0.3 is 0 Å². The van der Waals surface area contributed by atoms with E-state index in [2.05, 4.69) is 40.0 Å². The van der Waals surface area contributed by atoms with Gasteiger partial charge in [0.05, 0.1) is 12.1 Å². The smallest absolute Gasteiger partial charge is 0.253 e. The van der Waals surface area contributed by atoms with E-state index < -0.39 is 0 Å². The lowest BCUT2D eigenvalue weighted by atomic mass is 9.90. The molecule has 1 aromatic heterocycles. The first-order valence-electron chi connectivity index (χ1n) is 12.1. The second-order valence-corrected chi connectivity index (χ2v) is 11.0. The van der Waals surface area contributed by atoms with Crippen LogP contribution in [0.25, 0.3) is 10.9 Å². The summed E-state index contributed by atoms with van der Waals surface area (Å²) < 4.78 is 2.17. The number of amides is 2. The predicted molar refractivity (Wildman–Crippen MR) is 129 cm³/mol. The van der Waals surface area contributed by atoms with Gasteiger partial charge in [0.2, 0.25) is 5.91 Å². The number of carbonyl (C=O) groups is 2. The Kier molecular flexibility index (Phi) is 6.35. The molecule has 0 aliphatic carbocycles. The van der Waals surface area contributed by atoms with Crippen molar-refractivity contribution in [3.63, 3.8) is 0 Å². The summed E-state index contributed by atoms with van der Waals surface area (Å²) in [5, 5.41) is 7.32. The highest BCUT2D eigenvalue weighted by Gasteiger charge is 2.41. The minimum atomic E-state index is -0.197. The molecule has 0 saturated carbocycles. The van der Waals surface area contributed by atoms with Gasteiger partial charge in [-0.3, -0.25) is 14.5 Å². The first-order chi connectivity index (χ1) is 15.1. The Balaban J connectivity index is 1.36. The van der Waals surface area contributed by atoms with Crippen molar-refractivity contribution in [1.29, 1.82) is 0 Å². The molecule has 174 valence electrons. The topological polar surface area (TPSA) is 66.4 Å². The predicted octanol–water partition coefficient (Wildman–Crippen LogP) is 4.11. The number of nitrogens with zero attached hydrogens (tertiary/aromatic N) is 2. The fourth-order valence-electron chi connectivity index (χ4n) is 5.58. The molecular weight excluding hydrogens is 400 g/mol. The molecule has 0 unspecified atom stereocenters. The van der Waals surface area contributed by atoms with Crippen LogP contribution in [-0.2, 0) is 4.79 Å². The lowest BCUT2D eigenvalue weighted by molar-refractivity contribution is -0.125. The quantitative estimate of drug-likeness (QED) is 0.713. The van der Waals surface area contributed by atoms with Gasteiger partial charge in [-0.05, 0) is 72.3 Å². The van der Waals surface area contributed by atoms with E-state index in [9.17, 15) is 9.59 Å². The van der Waals surface area contributed by atoms with Crippen LogP contribution in [0.5, 0.6) is 0 Å². The van der Waals surface area contributed by atoms with Gasteiger partial charge in [-0.15, -0.1) is 0 Å². The van der Waals surface area contributed by atoms with E-state index in [-0.39, 0.29) is 17.4 Å². The summed E-state index contributed by atoms with van der Waals surface area (Å²) in [6.45, 7) is 11.5. The van der Waals surface area contributed by atoms with E-state index in [1.807, 2.05) is 45.2 Å². The molecule has 32 heavy (non-hydrogen) atoms. The summed E-state index contributed by atoms with van der Waals surface area (Å²) >= 11 is 0. The summed E-state index contributed by atoms with van der Waals surface area (Å²) in [6.07, 6.45) is 6.39. The van der Waals surface area contributed by atoms with Gasteiger partial charge in [-0.25, -0.2) is 0 Å². The minimum Gasteiger partial charge on any atom is -0.352 e. The third-order valence-electron chi connectivity index (χ3n) is 6.92. The number of para-hydroxylation sites is 1. The van der Waals surface area contributed by atoms with Crippen molar-refractivity contribution in [2.45, 2.75) is 84.0 Å². The van der Waals surface area contributed by atoms with E-state index in [1.165, 1.54) is 0 Å². The van der Waals surface area contributed by atoms with Crippen molar-refractivity contribution in [2.24, 2.45) is 5.92 Å². The van der Waals surface area contributed by atoms with Crippen LogP contribution in [0.2, 0.25) is 0 Å². The molecule has 2 saturated heterocycles. The molecular formula is C26H38N4O2. The Hall–Kier alpha value is -2.34. The SMILES string of the molecule is CC(C)n1cc(C(=O)NC[C@@H]2C[C@H]3CC[C@@H](C2)N3CC(=O)NC(C)(C)C)c2ccccc21. The summed E-state index contributed by atoms with van der Waals surface area (Å²) in [5.74, 6) is 0.597. The second-order valence-electron chi connectivity index (χ2n) is 11.0. The van der Waals surface area contributed by atoms with Gasteiger partial charge in [-0.2, -0.15) is 0 Å². The van der Waals surface area contributed by atoms with Gasteiger partial charge < -0.3 is 15.2 Å². The third-order valence-corrected chi connectivity index (χ3v) is 6.92. The number of benzene rings is 1. The largest absolute Gasteiger partial charge is 0.352 e. The van der Waals surface area contributed by atoms with Gasteiger partial charge in [-0.1, -0.05) is 18.2 Å². The Morgan fingerprint density at radius 3 is 2.38 bits per heavy atom. The molecule has 2 fully saturated rings. The standard InChI is InChI=1S/C26H38N4O2/c1-17(2)29-15-22(21-8-6-7-9-23(21)29)25(32)27-14-18-12-19-10-11-20(13-18)30(19)16-24(31)28-26(3,4)5/h6-9,15,17-20H,10-14,16H2,1-5H3,(H,27,32)(H,28,31)/t18-,19-,20+. The highest BCUT2D eigenvalue weighted by molar-refractivity contribution is 6.07. The van der Waals surface area contributed by atoms with Crippen molar-refractivity contribution >= 4 is 22.7 Å². The number of hydrogen-bond donors (Lipinski definition) is 2. The summed E-state index contributed by atoms with van der Waals surface area (Å²) in [5.41, 5.74) is 1.67. The van der Waals surface area contributed by atoms with Crippen LogP contribution in [0, 0.1) is 5.92 Å². The Bertz CT molecular complexity index is 973. The van der Waals surface area contributed by atoms with Crippen molar-refractivity contribution in [3.05, 3.63) is 36.0 Å². The molecule has 0 radical (unpaired) electrons. The number of carbonyl (C=O) groups excluding carboxylic acids is 2.